The Hall–Kier alpha value is -2.14. The Morgan fingerprint density at radius 1 is 1.50 bits per heavy atom. The van der Waals surface area contributed by atoms with E-state index < -0.39 is 6.04 Å². The average Bonchev–Trinajstić information content (AvgIpc) is 2.52. The Kier molecular flexibility index (Phi) is 5.72. The van der Waals surface area contributed by atoms with Crippen molar-refractivity contribution in [2.75, 3.05) is 19.6 Å². The lowest BCUT2D eigenvalue weighted by molar-refractivity contribution is -0.137. The number of carbonyl (C=O) groups excluding carboxylic acids is 2. The highest BCUT2D eigenvalue weighted by Gasteiger charge is 2.29. The Balaban J connectivity index is 1.88. The molecule has 0 aromatic heterocycles. The molecule has 0 spiro atoms. The molecule has 1 aromatic rings. The molecule has 2 atom stereocenters. The maximum atomic E-state index is 12.2. The third-order valence-electron chi connectivity index (χ3n) is 3.80. The van der Waals surface area contributed by atoms with E-state index in [1.807, 2.05) is 37.3 Å². The Labute approximate surface area is 131 Å². The quantitative estimate of drug-likeness (QED) is 0.777. The minimum atomic E-state index is -0.448. The molecular formula is C17H23N3O2. The first-order valence-electron chi connectivity index (χ1n) is 7.59. The van der Waals surface area contributed by atoms with Crippen molar-refractivity contribution in [1.29, 1.82) is 0 Å². The molecule has 1 fully saturated rings. The summed E-state index contributed by atoms with van der Waals surface area (Å²) in [7, 11) is 0. The third kappa shape index (κ3) is 4.18. The van der Waals surface area contributed by atoms with E-state index in [0.29, 0.717) is 19.6 Å². The summed E-state index contributed by atoms with van der Waals surface area (Å²) in [6.07, 6.45) is 1.86. The van der Waals surface area contributed by atoms with E-state index in [4.69, 9.17) is 0 Å². The van der Waals surface area contributed by atoms with Gasteiger partial charge in [-0.1, -0.05) is 36.4 Å². The molecule has 1 aromatic carbocycles. The minimum Gasteiger partial charge on any atom is -0.350 e. The molecule has 2 N–H and O–H groups in total. The molecule has 5 nitrogen and oxygen atoms in total. The zero-order chi connectivity index (χ0) is 15.9. The smallest absolute Gasteiger partial charge is 0.240 e. The predicted molar refractivity (Wildman–Crippen MR) is 86.2 cm³/mol. The van der Waals surface area contributed by atoms with Gasteiger partial charge in [-0.25, -0.2) is 0 Å². The lowest BCUT2D eigenvalue weighted by Gasteiger charge is -2.32. The van der Waals surface area contributed by atoms with Crippen molar-refractivity contribution in [1.82, 2.24) is 15.5 Å². The van der Waals surface area contributed by atoms with Gasteiger partial charge >= 0.3 is 0 Å². The van der Waals surface area contributed by atoms with Crippen LogP contribution in [0, 0.1) is 0 Å². The second kappa shape index (κ2) is 7.75. The second-order valence-electron chi connectivity index (χ2n) is 5.48. The molecule has 118 valence electrons. The fraction of sp³-hybridized carbons (Fsp3) is 0.412. The lowest BCUT2D eigenvalue weighted by Crippen LogP contribution is -2.56. The Bertz CT molecular complexity index is 530. The van der Waals surface area contributed by atoms with Gasteiger partial charge in [-0.3, -0.25) is 9.59 Å². The van der Waals surface area contributed by atoms with Crippen LogP contribution in [0.15, 0.2) is 43.0 Å². The number of hydrogen-bond donors (Lipinski definition) is 2. The highest BCUT2D eigenvalue weighted by molar-refractivity contribution is 5.89. The molecule has 5 heteroatoms. The molecule has 1 saturated heterocycles. The summed E-state index contributed by atoms with van der Waals surface area (Å²) in [6, 6.07) is 9.25. The van der Waals surface area contributed by atoms with Crippen molar-refractivity contribution in [3.8, 4) is 0 Å². The molecule has 0 radical (unpaired) electrons. The van der Waals surface area contributed by atoms with Gasteiger partial charge in [-0.2, -0.15) is 0 Å². The highest BCUT2D eigenvalue weighted by atomic mass is 16.2. The molecule has 2 unspecified atom stereocenters. The summed E-state index contributed by atoms with van der Waals surface area (Å²) in [5, 5.41) is 6.06. The zero-order valence-electron chi connectivity index (χ0n) is 12.9. The number of nitrogens with zero attached hydrogens (tertiary/aromatic N) is 1. The molecule has 0 saturated carbocycles. The Morgan fingerprint density at radius 3 is 2.91 bits per heavy atom. The van der Waals surface area contributed by atoms with Crippen molar-refractivity contribution in [3.05, 3.63) is 48.6 Å². The van der Waals surface area contributed by atoms with Crippen molar-refractivity contribution in [2.45, 2.75) is 25.4 Å². The maximum Gasteiger partial charge on any atom is 0.240 e. The van der Waals surface area contributed by atoms with Crippen LogP contribution in [0.3, 0.4) is 0 Å². The van der Waals surface area contributed by atoms with Gasteiger partial charge in [0.25, 0.3) is 0 Å². The van der Waals surface area contributed by atoms with Crippen molar-refractivity contribution < 1.29 is 9.59 Å². The van der Waals surface area contributed by atoms with Crippen LogP contribution in [-0.4, -0.2) is 42.4 Å². The fourth-order valence-electron chi connectivity index (χ4n) is 2.60. The van der Waals surface area contributed by atoms with Gasteiger partial charge in [0.1, 0.15) is 0 Å². The van der Waals surface area contributed by atoms with Crippen LogP contribution in [-0.2, 0) is 9.59 Å². The first kappa shape index (κ1) is 16.2. The van der Waals surface area contributed by atoms with E-state index in [1.165, 1.54) is 0 Å². The Morgan fingerprint density at radius 2 is 2.23 bits per heavy atom. The van der Waals surface area contributed by atoms with Crippen molar-refractivity contribution >= 4 is 11.8 Å². The van der Waals surface area contributed by atoms with Crippen molar-refractivity contribution in [3.63, 3.8) is 0 Å². The molecule has 22 heavy (non-hydrogen) atoms. The second-order valence-corrected chi connectivity index (χ2v) is 5.48. The van der Waals surface area contributed by atoms with Crippen LogP contribution < -0.4 is 10.6 Å². The van der Waals surface area contributed by atoms with E-state index in [2.05, 4.69) is 17.2 Å². The zero-order valence-corrected chi connectivity index (χ0v) is 12.9. The molecule has 2 rings (SSSR count). The monoisotopic (exact) mass is 301 g/mol. The summed E-state index contributed by atoms with van der Waals surface area (Å²) in [5.74, 6) is -0.156. The first-order chi connectivity index (χ1) is 10.6. The van der Waals surface area contributed by atoms with Gasteiger partial charge in [-0.15, -0.1) is 6.58 Å². The summed E-state index contributed by atoms with van der Waals surface area (Å²) in [5.41, 5.74) is 1.05. The van der Waals surface area contributed by atoms with Crippen LogP contribution in [0.1, 0.15) is 24.9 Å². The van der Waals surface area contributed by atoms with Gasteiger partial charge in [0, 0.05) is 19.6 Å². The highest BCUT2D eigenvalue weighted by Crippen LogP contribution is 2.12. The molecule has 1 aliphatic heterocycles. The number of amides is 2. The standard InChI is InChI=1S/C17H23N3O2/c1-3-10-20-11-9-18-15(17(20)22)12-16(21)19-13(2)14-7-5-4-6-8-14/h3-8,13,15,18H,1,9-12H2,2H3,(H,19,21). The van der Waals surface area contributed by atoms with E-state index >= 15 is 0 Å². The number of carbonyl (C=O) groups is 2. The largest absolute Gasteiger partial charge is 0.350 e. The number of piperazine rings is 1. The lowest BCUT2D eigenvalue weighted by atomic mass is 10.1. The van der Waals surface area contributed by atoms with Gasteiger partial charge in [-0.05, 0) is 12.5 Å². The molecular weight excluding hydrogens is 278 g/mol. The first-order valence-corrected chi connectivity index (χ1v) is 7.59. The number of rotatable bonds is 6. The normalized spacial score (nSPS) is 19.6. The van der Waals surface area contributed by atoms with Crippen LogP contribution in [0.2, 0.25) is 0 Å². The van der Waals surface area contributed by atoms with Gasteiger partial charge in [0.2, 0.25) is 11.8 Å². The van der Waals surface area contributed by atoms with Gasteiger partial charge < -0.3 is 15.5 Å². The SMILES string of the molecule is C=CCN1CCNC(CC(=O)NC(C)c2ccccc2)C1=O. The fourth-order valence-corrected chi connectivity index (χ4v) is 2.60. The van der Waals surface area contributed by atoms with Crippen LogP contribution >= 0.6 is 0 Å². The number of nitrogens with one attached hydrogen (secondary N) is 2. The van der Waals surface area contributed by atoms with E-state index in [0.717, 1.165) is 5.56 Å². The average molecular weight is 301 g/mol. The van der Waals surface area contributed by atoms with Crippen LogP contribution in [0.4, 0.5) is 0 Å². The molecule has 1 heterocycles. The molecule has 0 bridgehead atoms. The maximum absolute atomic E-state index is 12.2. The summed E-state index contributed by atoms with van der Waals surface area (Å²) in [4.78, 5) is 26.1. The minimum absolute atomic E-state index is 0.0336. The molecule has 0 aliphatic carbocycles. The van der Waals surface area contributed by atoms with Gasteiger partial charge in [0.15, 0.2) is 0 Å². The summed E-state index contributed by atoms with van der Waals surface area (Å²) >= 11 is 0. The topological polar surface area (TPSA) is 61.4 Å². The molecule has 2 amide bonds. The van der Waals surface area contributed by atoms with Gasteiger partial charge in [0.05, 0.1) is 18.5 Å². The number of benzene rings is 1. The number of hydrogen-bond acceptors (Lipinski definition) is 3. The van der Waals surface area contributed by atoms with E-state index in [9.17, 15) is 9.59 Å². The summed E-state index contributed by atoms with van der Waals surface area (Å²) < 4.78 is 0. The van der Waals surface area contributed by atoms with Crippen LogP contribution in [0.5, 0.6) is 0 Å². The third-order valence-corrected chi connectivity index (χ3v) is 3.80. The van der Waals surface area contributed by atoms with E-state index in [-0.39, 0.29) is 24.3 Å². The van der Waals surface area contributed by atoms with Crippen molar-refractivity contribution in [2.24, 2.45) is 0 Å². The van der Waals surface area contributed by atoms with E-state index in [1.54, 1.807) is 11.0 Å². The summed E-state index contributed by atoms with van der Waals surface area (Å²) in [6.45, 7) is 7.48. The van der Waals surface area contributed by atoms with Crippen LogP contribution in [0.25, 0.3) is 0 Å². The molecule has 1 aliphatic rings. The predicted octanol–water partition coefficient (Wildman–Crippen LogP) is 1.24.